The minimum Gasteiger partial charge on any atom is -0.455 e. The first kappa shape index (κ1) is 14.4. The fraction of sp³-hybridized carbons (Fsp3) is 0.148. The zero-order valence-electron chi connectivity index (χ0n) is 20.2. The van der Waals surface area contributed by atoms with Gasteiger partial charge >= 0.3 is 0 Å². The van der Waals surface area contributed by atoms with Gasteiger partial charge < -0.3 is 4.42 Å². The Hall–Kier alpha value is -3.59. The average Bonchev–Trinajstić information content (AvgIpc) is 3.33. The van der Waals surface area contributed by atoms with E-state index in [1.165, 1.54) is 5.56 Å². The number of nitrogens with zero attached hydrogens (tertiary/aromatic N) is 2. The monoisotopic (exact) mass is 394 g/mol. The minimum absolute atomic E-state index is 0.296. The van der Waals surface area contributed by atoms with Gasteiger partial charge in [0.2, 0.25) is 0 Å². The van der Waals surface area contributed by atoms with Crippen molar-refractivity contribution in [2.45, 2.75) is 20.7 Å². The third kappa shape index (κ3) is 2.07. The highest BCUT2D eigenvalue weighted by Crippen LogP contribution is 2.43. The number of benzene rings is 3. The predicted molar refractivity (Wildman–Crippen MR) is 123 cm³/mol. The fourth-order valence-electron chi connectivity index (χ4n) is 4.82. The lowest BCUT2D eigenvalue weighted by molar-refractivity contribution is -0.671. The van der Waals surface area contributed by atoms with Gasteiger partial charge in [0, 0.05) is 31.9 Å². The number of hydrogen-bond acceptors (Lipinski definition) is 1. The SMILES string of the molecule is [2H]C([2H])([2H])c1cccc(-n2c3ccccc3c3c4oc5ccccc5c4c(C)c(C)c32)[n+]1C. The summed E-state index contributed by atoms with van der Waals surface area (Å²) < 4.78 is 34.4. The van der Waals surface area contributed by atoms with Gasteiger partial charge in [-0.1, -0.05) is 36.4 Å². The Labute approximate surface area is 179 Å². The smallest absolute Gasteiger partial charge is 0.286 e. The second-order valence-electron chi connectivity index (χ2n) is 7.96. The van der Waals surface area contributed by atoms with Crippen LogP contribution < -0.4 is 4.57 Å². The van der Waals surface area contributed by atoms with Gasteiger partial charge in [-0.25, -0.2) is 4.57 Å². The molecule has 0 saturated heterocycles. The Morgan fingerprint density at radius 1 is 0.833 bits per heavy atom. The van der Waals surface area contributed by atoms with E-state index in [2.05, 4.69) is 36.6 Å². The van der Waals surface area contributed by atoms with E-state index < -0.39 is 6.85 Å². The Bertz CT molecular complexity index is 1740. The number of hydrogen-bond donors (Lipinski definition) is 0. The van der Waals surface area contributed by atoms with Gasteiger partial charge in [0.15, 0.2) is 0 Å². The largest absolute Gasteiger partial charge is 0.455 e. The van der Waals surface area contributed by atoms with Gasteiger partial charge in [-0.2, -0.15) is 4.57 Å². The number of rotatable bonds is 1. The van der Waals surface area contributed by atoms with Crippen molar-refractivity contribution in [3.8, 4) is 5.82 Å². The second-order valence-corrected chi connectivity index (χ2v) is 7.96. The molecule has 0 atom stereocenters. The van der Waals surface area contributed by atoms with Crippen molar-refractivity contribution in [3.63, 3.8) is 0 Å². The molecule has 0 aliphatic heterocycles. The van der Waals surface area contributed by atoms with E-state index in [-0.39, 0.29) is 0 Å². The van der Waals surface area contributed by atoms with E-state index in [0.29, 0.717) is 5.69 Å². The molecule has 6 aromatic rings. The number of furan rings is 1. The Morgan fingerprint density at radius 3 is 2.43 bits per heavy atom. The topological polar surface area (TPSA) is 21.9 Å². The van der Waals surface area contributed by atoms with Crippen LogP contribution in [0, 0.1) is 20.7 Å². The molecule has 0 aliphatic carbocycles. The van der Waals surface area contributed by atoms with Gasteiger partial charge in [0.05, 0.1) is 12.4 Å². The molecule has 0 aliphatic rings. The molecule has 6 rings (SSSR count). The summed E-state index contributed by atoms with van der Waals surface area (Å²) >= 11 is 0. The third-order valence-corrected chi connectivity index (χ3v) is 6.42. The van der Waals surface area contributed by atoms with Crippen LogP contribution in [0.2, 0.25) is 0 Å². The number of fused-ring (bicyclic) bond motifs is 7. The van der Waals surface area contributed by atoms with Crippen LogP contribution in [0.3, 0.4) is 0 Å². The maximum Gasteiger partial charge on any atom is 0.286 e. The molecule has 0 bridgehead atoms. The van der Waals surface area contributed by atoms with Crippen LogP contribution in [0.5, 0.6) is 0 Å². The van der Waals surface area contributed by atoms with Crippen molar-refractivity contribution in [2.75, 3.05) is 0 Å². The highest BCUT2D eigenvalue weighted by molar-refractivity contribution is 6.25. The Balaban J connectivity index is 1.88. The maximum absolute atomic E-state index is 8.00. The summed E-state index contributed by atoms with van der Waals surface area (Å²) in [6.07, 6.45) is 0. The van der Waals surface area contributed by atoms with E-state index in [1.54, 1.807) is 10.6 Å². The van der Waals surface area contributed by atoms with Crippen LogP contribution in [-0.2, 0) is 7.05 Å². The summed E-state index contributed by atoms with van der Waals surface area (Å²) in [6, 6.07) is 21.9. The first-order valence-electron chi connectivity index (χ1n) is 11.6. The van der Waals surface area contributed by atoms with Gasteiger partial charge in [-0.3, -0.25) is 0 Å². The fourth-order valence-corrected chi connectivity index (χ4v) is 4.82. The van der Waals surface area contributed by atoms with Crippen LogP contribution in [0.25, 0.3) is 49.6 Å². The van der Waals surface area contributed by atoms with E-state index >= 15 is 0 Å². The molecule has 3 heterocycles. The number of para-hydroxylation sites is 2. The number of aryl methyl sites for hydroxylation is 3. The quantitative estimate of drug-likeness (QED) is 0.294. The normalized spacial score (nSPS) is 13.9. The van der Waals surface area contributed by atoms with Crippen molar-refractivity contribution in [1.29, 1.82) is 0 Å². The molecule has 0 fully saturated rings. The van der Waals surface area contributed by atoms with Crippen LogP contribution in [-0.4, -0.2) is 4.57 Å². The molecule has 30 heavy (non-hydrogen) atoms. The third-order valence-electron chi connectivity index (χ3n) is 6.42. The standard InChI is InChI=1S/C27H23N2O/c1-16-10-9-15-23(28(16)4)29-21-13-7-5-11-19(21)25-26(29)18(3)17(2)24-20-12-6-8-14-22(20)30-27(24)25/h5-15H,1-4H3/q+1/i1D3. The van der Waals surface area contributed by atoms with Gasteiger partial charge in [-0.05, 0) is 50.5 Å². The molecule has 3 heteroatoms. The molecular formula is C27H23N2O+. The average molecular weight is 395 g/mol. The van der Waals surface area contributed by atoms with Crippen LogP contribution in [0.1, 0.15) is 20.9 Å². The number of pyridine rings is 1. The van der Waals surface area contributed by atoms with Gasteiger partial charge in [0.25, 0.3) is 5.82 Å². The van der Waals surface area contributed by atoms with Gasteiger partial charge in [0.1, 0.15) is 27.9 Å². The molecule has 0 spiro atoms. The lowest BCUT2D eigenvalue weighted by atomic mass is 9.98. The molecule has 0 N–H and O–H groups in total. The van der Waals surface area contributed by atoms with Crippen molar-refractivity contribution in [3.05, 3.63) is 83.6 Å². The van der Waals surface area contributed by atoms with Crippen LogP contribution in [0.4, 0.5) is 0 Å². The summed E-state index contributed by atoms with van der Waals surface area (Å²) in [5.74, 6) is 0.799. The lowest BCUT2D eigenvalue weighted by Gasteiger charge is -2.09. The Kier molecular flexibility index (Phi) is 2.86. The van der Waals surface area contributed by atoms with Gasteiger partial charge in [-0.15, -0.1) is 0 Å². The highest BCUT2D eigenvalue weighted by Gasteiger charge is 2.27. The summed E-state index contributed by atoms with van der Waals surface area (Å²) in [4.78, 5) is 0. The van der Waals surface area contributed by atoms with Crippen LogP contribution in [0.15, 0.2) is 71.1 Å². The summed E-state index contributed by atoms with van der Waals surface area (Å²) in [5, 5.41) is 4.39. The number of aromatic nitrogens is 2. The lowest BCUT2D eigenvalue weighted by Crippen LogP contribution is -2.37. The Morgan fingerprint density at radius 2 is 1.60 bits per heavy atom. The predicted octanol–water partition coefficient (Wildman–Crippen LogP) is 6.43. The zero-order valence-corrected chi connectivity index (χ0v) is 17.2. The molecule has 0 radical (unpaired) electrons. The molecule has 146 valence electrons. The minimum atomic E-state index is -2.21. The van der Waals surface area contributed by atoms with E-state index in [0.717, 1.165) is 55.1 Å². The molecule has 3 nitrogen and oxygen atoms in total. The molecule has 0 amide bonds. The summed E-state index contributed by atoms with van der Waals surface area (Å²) in [5.41, 5.74) is 6.42. The molecular weight excluding hydrogens is 368 g/mol. The molecule has 3 aromatic heterocycles. The molecule has 0 unspecified atom stereocenters. The van der Waals surface area contributed by atoms with E-state index in [4.69, 9.17) is 8.53 Å². The van der Waals surface area contributed by atoms with Crippen molar-refractivity contribution < 1.29 is 13.1 Å². The second kappa shape index (κ2) is 5.96. The van der Waals surface area contributed by atoms with Crippen molar-refractivity contribution >= 4 is 43.7 Å². The summed E-state index contributed by atoms with van der Waals surface area (Å²) in [7, 11) is 1.82. The first-order valence-corrected chi connectivity index (χ1v) is 10.1. The highest BCUT2D eigenvalue weighted by atomic mass is 16.3. The van der Waals surface area contributed by atoms with Crippen molar-refractivity contribution in [1.82, 2.24) is 4.57 Å². The zero-order chi connectivity index (χ0) is 23.1. The van der Waals surface area contributed by atoms with E-state index in [1.807, 2.05) is 49.5 Å². The first-order chi connectivity index (χ1) is 15.8. The molecule has 3 aromatic carbocycles. The van der Waals surface area contributed by atoms with Crippen LogP contribution >= 0.6 is 0 Å². The maximum atomic E-state index is 8.00. The molecule has 0 saturated carbocycles. The summed E-state index contributed by atoms with van der Waals surface area (Å²) in [6.45, 7) is 2.07. The van der Waals surface area contributed by atoms with Crippen molar-refractivity contribution in [2.24, 2.45) is 7.05 Å². The van der Waals surface area contributed by atoms with E-state index in [9.17, 15) is 0 Å².